The molecule has 0 unspecified atom stereocenters. The molecule has 0 fully saturated rings. The monoisotopic (exact) mass is 392 g/mol. The van der Waals surface area contributed by atoms with Gasteiger partial charge in [0, 0.05) is 0 Å². The molecule has 64 valence electrons. The van der Waals surface area contributed by atoms with E-state index in [9.17, 15) is 0 Å². The molecule has 0 atom stereocenters. The first-order valence-corrected chi connectivity index (χ1v) is 18.6. The zero-order valence-corrected chi connectivity index (χ0v) is 10.6. The van der Waals surface area contributed by atoms with Crippen molar-refractivity contribution in [2.45, 2.75) is 0 Å². The van der Waals surface area contributed by atoms with Gasteiger partial charge in [-0.3, -0.25) is 0 Å². The minimum absolute atomic E-state index is 0. The van der Waals surface area contributed by atoms with E-state index in [1.807, 2.05) is 0 Å². The maximum absolute atomic E-state index is 5.05. The minimum atomic E-state index is -3.39. The molecule has 9 heavy (non-hydrogen) atoms. The van der Waals surface area contributed by atoms with Gasteiger partial charge in [0.05, 0.1) is 0 Å². The fourth-order valence-corrected chi connectivity index (χ4v) is 0. The Morgan fingerprint density at radius 1 is 0.556 bits per heavy atom. The van der Waals surface area contributed by atoms with Gasteiger partial charge in [0.1, 0.15) is 0 Å². The summed E-state index contributed by atoms with van der Waals surface area (Å²) in [6.45, 7) is 0. The topological polar surface area (TPSA) is 126 Å². The molecule has 0 aliphatic rings. The van der Waals surface area contributed by atoms with Crippen LogP contribution in [0.15, 0.2) is 0 Å². The van der Waals surface area contributed by atoms with Gasteiger partial charge in [-0.15, -0.1) is 0 Å². The summed E-state index contributed by atoms with van der Waals surface area (Å²) < 4.78 is 0. The molecule has 0 radical (unpaired) electrons. The number of hydrogen-bond acceptors (Lipinski definition) is 0. The van der Waals surface area contributed by atoms with E-state index in [1.54, 1.807) is 0 Å². The van der Waals surface area contributed by atoms with Crippen molar-refractivity contribution in [2.75, 3.05) is 0 Å². The van der Waals surface area contributed by atoms with Crippen molar-refractivity contribution in [2.24, 2.45) is 0 Å². The molecule has 9 heteroatoms. The Morgan fingerprint density at radius 2 is 0.556 bits per heavy atom. The van der Waals surface area contributed by atoms with Crippen LogP contribution in [0, 0.1) is 0 Å². The number of rotatable bonds is 0. The van der Waals surface area contributed by atoms with Crippen LogP contribution in [0.1, 0.15) is 0 Å². The van der Waals surface area contributed by atoms with E-state index in [0.717, 1.165) is 0 Å². The average molecular weight is 392 g/mol. The van der Waals surface area contributed by atoms with Crippen LogP contribution >= 0.6 is 34.3 Å². The van der Waals surface area contributed by atoms with Crippen molar-refractivity contribution in [1.29, 1.82) is 0 Å². The fourth-order valence-electron chi connectivity index (χ4n) is 0. The fraction of sp³-hybridized carbons (Fsp3) is 0. The third-order valence-electron chi connectivity index (χ3n) is 0. The van der Waals surface area contributed by atoms with Crippen molar-refractivity contribution < 1.29 is 37.1 Å². The average Bonchev–Trinajstić information content (AvgIpc) is 0.722. The summed E-state index contributed by atoms with van der Waals surface area (Å²) >= 11 is -3.39. The summed E-state index contributed by atoms with van der Waals surface area (Å²) in [5, 5.41) is 0. The van der Waals surface area contributed by atoms with Gasteiger partial charge in [0.2, 0.25) is 0 Å². The molecule has 0 aromatic heterocycles. The van der Waals surface area contributed by atoms with Crippen LogP contribution in [-0.2, 0) is 15.2 Å². The summed E-state index contributed by atoms with van der Waals surface area (Å²) in [5.74, 6) is 0. The zero-order chi connectivity index (χ0) is 4.50. The Kier molecular flexibility index (Phi) is 42.8. The van der Waals surface area contributed by atoms with Crippen molar-refractivity contribution in [3.05, 3.63) is 0 Å². The quantitative estimate of drug-likeness (QED) is 0.491. The molecule has 0 amide bonds. The molecule has 0 saturated heterocycles. The van der Waals surface area contributed by atoms with Crippen molar-refractivity contribution in [3.8, 4) is 0 Å². The van der Waals surface area contributed by atoms with Gasteiger partial charge in [0.25, 0.3) is 0 Å². The van der Waals surface area contributed by atoms with Gasteiger partial charge >= 0.3 is 49.5 Å². The third-order valence-corrected chi connectivity index (χ3v) is 0. The molecule has 0 aliphatic carbocycles. The van der Waals surface area contributed by atoms with Gasteiger partial charge < -0.3 is 21.9 Å². The van der Waals surface area contributed by atoms with Crippen molar-refractivity contribution in [3.63, 3.8) is 0 Å². The van der Waals surface area contributed by atoms with E-state index in [2.05, 4.69) is 0 Å². The first kappa shape index (κ1) is 30.7. The first-order valence-electron chi connectivity index (χ1n) is 0.756. The van der Waals surface area contributed by atoms with Crippen LogP contribution < -0.4 is 0 Å². The van der Waals surface area contributed by atoms with E-state index >= 15 is 0 Å². The van der Waals surface area contributed by atoms with Crippen LogP contribution in [0.4, 0.5) is 0 Å². The molecular weight excluding hydrogens is 384 g/mol. The molecular formula is H8Cl4HfO4. The Hall–Kier alpha value is 1.87. The summed E-state index contributed by atoms with van der Waals surface area (Å²) in [4.78, 5) is 0. The summed E-state index contributed by atoms with van der Waals surface area (Å²) in [5.41, 5.74) is 0. The van der Waals surface area contributed by atoms with Gasteiger partial charge in [-0.2, -0.15) is 0 Å². The molecule has 0 rings (SSSR count). The van der Waals surface area contributed by atoms with Crippen LogP contribution in [0.25, 0.3) is 0 Å². The van der Waals surface area contributed by atoms with Gasteiger partial charge in [-0.25, -0.2) is 0 Å². The van der Waals surface area contributed by atoms with Gasteiger partial charge in [-0.1, -0.05) is 0 Å². The van der Waals surface area contributed by atoms with Crippen molar-refractivity contribution in [1.82, 2.24) is 0 Å². The van der Waals surface area contributed by atoms with Crippen LogP contribution in [0.5, 0.6) is 0 Å². The summed E-state index contributed by atoms with van der Waals surface area (Å²) in [7, 11) is 20.2. The molecule has 0 aromatic carbocycles. The Morgan fingerprint density at radius 3 is 0.556 bits per heavy atom. The maximum atomic E-state index is 5.05. The van der Waals surface area contributed by atoms with Gasteiger partial charge in [-0.05, 0) is 0 Å². The Bertz CT molecular complexity index is 28.0. The van der Waals surface area contributed by atoms with E-state index in [-0.39, 0.29) is 21.9 Å². The molecule has 0 aliphatic heterocycles. The predicted octanol–water partition coefficient (Wildman–Crippen LogP) is -0.543. The van der Waals surface area contributed by atoms with Crippen LogP contribution in [-0.4, -0.2) is 21.9 Å². The SMILES string of the molecule is O.O.O.O.[Cl][Hf]([Cl])([Cl])[Cl]. The molecule has 0 heterocycles. The van der Waals surface area contributed by atoms with E-state index in [1.165, 1.54) is 0 Å². The number of hydrogen-bond donors (Lipinski definition) is 0. The summed E-state index contributed by atoms with van der Waals surface area (Å²) in [6, 6.07) is 0. The van der Waals surface area contributed by atoms with Crippen LogP contribution in [0.3, 0.4) is 0 Å². The third kappa shape index (κ3) is 175. The van der Waals surface area contributed by atoms with E-state index in [0.29, 0.717) is 0 Å². The Labute approximate surface area is 70.9 Å². The van der Waals surface area contributed by atoms with E-state index in [4.69, 9.17) is 34.3 Å². The van der Waals surface area contributed by atoms with Crippen molar-refractivity contribution >= 4 is 34.3 Å². The standard InChI is InChI=1S/4ClH.Hf.4H2O/h4*1H;;4*1H2/q;;;;+4;;;;/p-4. The Balaban J connectivity index is -0.0000000133. The molecule has 8 N–H and O–H groups in total. The molecule has 0 aromatic rings. The molecule has 0 saturated carbocycles. The molecule has 0 spiro atoms. The normalized spacial score (nSPS) is 6.67. The van der Waals surface area contributed by atoms with E-state index < -0.39 is 15.2 Å². The second kappa shape index (κ2) is 12.5. The second-order valence-electron chi connectivity index (χ2n) is 0.429. The molecule has 0 bridgehead atoms. The second-order valence-corrected chi connectivity index (χ2v) is 31.6. The zero-order valence-electron chi connectivity index (χ0n) is 4.01. The number of halogens is 4. The summed E-state index contributed by atoms with van der Waals surface area (Å²) in [6.07, 6.45) is 0. The predicted molar refractivity (Wildman–Crippen MR) is 37.9 cm³/mol. The molecule has 4 nitrogen and oxygen atoms in total. The van der Waals surface area contributed by atoms with Crippen LogP contribution in [0.2, 0.25) is 0 Å². The first-order chi connectivity index (χ1) is 2.00. The van der Waals surface area contributed by atoms with Gasteiger partial charge in [0.15, 0.2) is 0 Å².